The van der Waals surface area contributed by atoms with E-state index in [9.17, 15) is 17.8 Å². The standard InChI is InChI=1S/C29H59NO4S.Na/c1-3-4-5-6-7-8-9-10-11-12-13-14-15-16-17-18-19-20-21-22-23-26-29(31)30(2)27-24-25-28-35(32,33)34;/h3-28H2,1-2H3,(H,32,33,34);/q;+1/p-1. The van der Waals surface area contributed by atoms with Crippen molar-refractivity contribution in [1.29, 1.82) is 0 Å². The molecule has 0 saturated heterocycles. The smallest absolute Gasteiger partial charge is 0.748 e. The molecule has 0 N–H and O–H groups in total. The first kappa shape index (κ1) is 38.5. The molecule has 0 saturated carbocycles. The Balaban J connectivity index is 0. The molecule has 1 amide bonds. The van der Waals surface area contributed by atoms with E-state index in [0.29, 0.717) is 25.8 Å². The zero-order valence-electron chi connectivity index (χ0n) is 24.4. The molecule has 0 unspecified atom stereocenters. The third-order valence-electron chi connectivity index (χ3n) is 7.06. The van der Waals surface area contributed by atoms with Crippen molar-refractivity contribution in [1.82, 2.24) is 4.90 Å². The maximum Gasteiger partial charge on any atom is 1.00 e. The summed E-state index contributed by atoms with van der Waals surface area (Å²) in [5, 5.41) is 0. The first-order valence-corrected chi connectivity index (χ1v) is 16.6. The first-order chi connectivity index (χ1) is 16.9. The molecule has 0 heterocycles. The largest absolute Gasteiger partial charge is 1.00 e. The number of hydrogen-bond acceptors (Lipinski definition) is 4. The van der Waals surface area contributed by atoms with Crippen LogP contribution in [0.15, 0.2) is 0 Å². The monoisotopic (exact) mass is 539 g/mol. The van der Waals surface area contributed by atoms with Crippen LogP contribution in [-0.4, -0.2) is 43.1 Å². The molecule has 0 aliphatic rings. The summed E-state index contributed by atoms with van der Waals surface area (Å²) in [6.07, 6.45) is 29.9. The first-order valence-electron chi connectivity index (χ1n) is 15.0. The van der Waals surface area contributed by atoms with E-state index in [2.05, 4.69) is 6.92 Å². The second-order valence-corrected chi connectivity index (χ2v) is 12.1. The second-order valence-electron chi connectivity index (χ2n) is 10.6. The van der Waals surface area contributed by atoms with E-state index in [0.717, 1.165) is 12.8 Å². The quantitative estimate of drug-likeness (QED) is 0.0798. The topological polar surface area (TPSA) is 77.5 Å². The number of nitrogens with zero attached hydrogens (tertiary/aromatic N) is 1. The molecule has 0 aromatic rings. The summed E-state index contributed by atoms with van der Waals surface area (Å²) in [7, 11) is -2.38. The van der Waals surface area contributed by atoms with Gasteiger partial charge in [0.2, 0.25) is 5.91 Å². The molecule has 0 radical (unpaired) electrons. The SMILES string of the molecule is CCCCCCCCCCCCCCCCCCCCCCCC(=O)N(C)CCCCS(=O)(=O)[O-].[Na+]. The molecule has 36 heavy (non-hydrogen) atoms. The molecule has 0 spiro atoms. The van der Waals surface area contributed by atoms with Crippen molar-refractivity contribution in [2.24, 2.45) is 0 Å². The van der Waals surface area contributed by atoms with E-state index in [1.807, 2.05) is 0 Å². The van der Waals surface area contributed by atoms with Crippen molar-refractivity contribution >= 4 is 16.0 Å². The van der Waals surface area contributed by atoms with Gasteiger partial charge in [0.15, 0.2) is 0 Å². The van der Waals surface area contributed by atoms with Crippen LogP contribution in [-0.2, 0) is 14.9 Å². The normalized spacial score (nSPS) is 11.4. The van der Waals surface area contributed by atoms with Crippen LogP contribution < -0.4 is 29.6 Å². The zero-order chi connectivity index (χ0) is 26.0. The summed E-state index contributed by atoms with van der Waals surface area (Å²) >= 11 is 0. The van der Waals surface area contributed by atoms with Crippen molar-refractivity contribution < 1.29 is 47.3 Å². The number of unbranched alkanes of at least 4 members (excludes halogenated alkanes) is 21. The molecule has 5 nitrogen and oxygen atoms in total. The Morgan fingerprint density at radius 3 is 1.25 bits per heavy atom. The summed E-state index contributed by atoms with van der Waals surface area (Å²) in [4.78, 5) is 13.7. The average molecular weight is 540 g/mol. The van der Waals surface area contributed by atoms with E-state index in [4.69, 9.17) is 0 Å². The molecular formula is C29H58NNaO4S. The third-order valence-corrected chi connectivity index (χ3v) is 7.85. The number of carbonyl (C=O) groups is 1. The molecule has 0 aliphatic carbocycles. The van der Waals surface area contributed by atoms with E-state index in [-0.39, 0.29) is 41.2 Å². The number of amides is 1. The fraction of sp³-hybridized carbons (Fsp3) is 0.966. The second kappa shape index (κ2) is 28.4. The van der Waals surface area contributed by atoms with Crippen LogP contribution in [0.3, 0.4) is 0 Å². The van der Waals surface area contributed by atoms with Crippen molar-refractivity contribution in [3.05, 3.63) is 0 Å². The van der Waals surface area contributed by atoms with Gasteiger partial charge in [-0.05, 0) is 19.3 Å². The summed E-state index contributed by atoms with van der Waals surface area (Å²) < 4.78 is 31.7. The predicted octanol–water partition coefficient (Wildman–Crippen LogP) is 5.38. The Morgan fingerprint density at radius 1 is 0.583 bits per heavy atom. The van der Waals surface area contributed by atoms with E-state index >= 15 is 0 Å². The zero-order valence-corrected chi connectivity index (χ0v) is 27.2. The van der Waals surface area contributed by atoms with Crippen LogP contribution in [0.2, 0.25) is 0 Å². The molecule has 0 aromatic carbocycles. The number of carbonyl (C=O) groups excluding carboxylic acids is 1. The van der Waals surface area contributed by atoms with E-state index in [1.54, 1.807) is 11.9 Å². The molecule has 0 rings (SSSR count). The molecule has 0 aliphatic heterocycles. The van der Waals surface area contributed by atoms with Crippen LogP contribution in [0.5, 0.6) is 0 Å². The van der Waals surface area contributed by atoms with Crippen molar-refractivity contribution in [2.75, 3.05) is 19.3 Å². The van der Waals surface area contributed by atoms with Gasteiger partial charge in [-0.1, -0.05) is 135 Å². The van der Waals surface area contributed by atoms with Crippen LogP contribution in [0.25, 0.3) is 0 Å². The Labute approximate surface area is 247 Å². The molecule has 7 heteroatoms. The predicted molar refractivity (Wildman–Crippen MR) is 149 cm³/mol. The van der Waals surface area contributed by atoms with Gasteiger partial charge in [-0.25, -0.2) is 8.42 Å². The fourth-order valence-corrected chi connectivity index (χ4v) is 5.21. The fourth-order valence-electron chi connectivity index (χ4n) is 4.65. The Bertz CT molecular complexity index is 572. The van der Waals surface area contributed by atoms with Crippen molar-refractivity contribution in [3.8, 4) is 0 Å². The molecule has 0 aromatic heterocycles. The van der Waals surface area contributed by atoms with E-state index in [1.165, 1.54) is 122 Å². The van der Waals surface area contributed by atoms with Gasteiger partial charge >= 0.3 is 29.6 Å². The van der Waals surface area contributed by atoms with Crippen LogP contribution in [0.1, 0.15) is 161 Å². The van der Waals surface area contributed by atoms with Gasteiger partial charge in [0.05, 0.1) is 10.1 Å². The van der Waals surface area contributed by atoms with Gasteiger partial charge in [-0.2, -0.15) is 0 Å². The Hall–Kier alpha value is 0.380. The van der Waals surface area contributed by atoms with Gasteiger partial charge in [-0.15, -0.1) is 0 Å². The van der Waals surface area contributed by atoms with Gasteiger partial charge < -0.3 is 9.45 Å². The maximum absolute atomic E-state index is 12.1. The molecule has 0 bridgehead atoms. The van der Waals surface area contributed by atoms with Crippen LogP contribution in [0, 0.1) is 0 Å². The Morgan fingerprint density at radius 2 is 0.917 bits per heavy atom. The van der Waals surface area contributed by atoms with Gasteiger partial charge in [0.1, 0.15) is 0 Å². The Kier molecular flexibility index (Phi) is 30.4. The van der Waals surface area contributed by atoms with Crippen LogP contribution in [0.4, 0.5) is 0 Å². The molecule has 0 fully saturated rings. The van der Waals surface area contributed by atoms with E-state index < -0.39 is 10.1 Å². The number of hydrogen-bond donors (Lipinski definition) is 0. The van der Waals surface area contributed by atoms with Crippen molar-refractivity contribution in [3.63, 3.8) is 0 Å². The maximum atomic E-state index is 12.1. The van der Waals surface area contributed by atoms with Crippen LogP contribution >= 0.6 is 0 Å². The minimum atomic E-state index is -4.14. The minimum absolute atomic E-state index is 0. The van der Waals surface area contributed by atoms with Crippen molar-refractivity contribution in [2.45, 2.75) is 161 Å². The van der Waals surface area contributed by atoms with Gasteiger partial charge in [0, 0.05) is 25.8 Å². The third kappa shape index (κ3) is 30.6. The minimum Gasteiger partial charge on any atom is -0.748 e. The van der Waals surface area contributed by atoms with Gasteiger partial charge in [0.25, 0.3) is 0 Å². The summed E-state index contributed by atoms with van der Waals surface area (Å²) in [5.74, 6) is -0.221. The molecule has 0 atom stereocenters. The summed E-state index contributed by atoms with van der Waals surface area (Å²) in [6.45, 7) is 2.80. The molecule has 210 valence electrons. The van der Waals surface area contributed by atoms with Gasteiger partial charge in [-0.3, -0.25) is 4.79 Å². The molecular weight excluding hydrogens is 481 g/mol. The number of rotatable bonds is 27. The summed E-state index contributed by atoms with van der Waals surface area (Å²) in [6, 6.07) is 0. The average Bonchev–Trinajstić information content (AvgIpc) is 2.81. The summed E-state index contributed by atoms with van der Waals surface area (Å²) in [5.41, 5.74) is 0.